The Bertz CT molecular complexity index is 1270. The lowest BCUT2D eigenvalue weighted by Crippen LogP contribution is -2.41. The average Bonchev–Trinajstić information content (AvgIpc) is 3.26. The number of fused-ring (bicyclic) bond motifs is 2. The van der Waals surface area contributed by atoms with Crippen LogP contribution in [0.3, 0.4) is 0 Å². The molecule has 10 heteroatoms. The fraction of sp³-hybridized carbons (Fsp3) is 0.522. The van der Waals surface area contributed by atoms with Crippen LogP contribution in [0.5, 0.6) is 5.88 Å². The summed E-state index contributed by atoms with van der Waals surface area (Å²) >= 11 is 0. The van der Waals surface area contributed by atoms with E-state index in [1.807, 2.05) is 19.2 Å². The van der Waals surface area contributed by atoms with E-state index in [1.165, 1.54) is 11.8 Å². The monoisotopic (exact) mass is 470 g/mol. The van der Waals surface area contributed by atoms with Crippen molar-refractivity contribution < 1.29 is 13.2 Å². The maximum Gasteiger partial charge on any atom is 0.217 e. The summed E-state index contributed by atoms with van der Waals surface area (Å²) in [5.74, 6) is 0.844. The summed E-state index contributed by atoms with van der Waals surface area (Å²) in [6.45, 7) is 6.51. The first kappa shape index (κ1) is 22.1. The van der Waals surface area contributed by atoms with Gasteiger partial charge in [-0.25, -0.2) is 22.7 Å². The van der Waals surface area contributed by atoms with Crippen LogP contribution < -0.4 is 9.64 Å². The molecule has 0 aromatic carbocycles. The van der Waals surface area contributed by atoms with Crippen molar-refractivity contribution in [3.8, 4) is 5.88 Å². The Balaban J connectivity index is 1.48. The number of anilines is 1. The third-order valence-electron chi connectivity index (χ3n) is 6.81. The molecule has 3 aromatic heterocycles. The van der Waals surface area contributed by atoms with Gasteiger partial charge in [0.15, 0.2) is 0 Å². The number of H-pyrrole nitrogens is 1. The van der Waals surface area contributed by atoms with Gasteiger partial charge in [0.2, 0.25) is 15.9 Å². The number of hydrogen-bond acceptors (Lipinski definition) is 7. The van der Waals surface area contributed by atoms with Crippen molar-refractivity contribution in [2.24, 2.45) is 0 Å². The smallest absolute Gasteiger partial charge is 0.217 e. The molecule has 0 spiro atoms. The van der Waals surface area contributed by atoms with Gasteiger partial charge in [0.25, 0.3) is 0 Å². The Labute approximate surface area is 194 Å². The summed E-state index contributed by atoms with van der Waals surface area (Å²) < 4.78 is 31.2. The molecule has 1 N–H and O–H groups in total. The molecule has 0 saturated carbocycles. The van der Waals surface area contributed by atoms with E-state index < -0.39 is 10.0 Å². The summed E-state index contributed by atoms with van der Waals surface area (Å²) in [5.41, 5.74) is 5.23. The molecule has 2 aliphatic heterocycles. The van der Waals surface area contributed by atoms with E-state index in [-0.39, 0.29) is 12.0 Å². The third kappa shape index (κ3) is 4.17. The maximum atomic E-state index is 11.9. The second-order valence-corrected chi connectivity index (χ2v) is 10.9. The summed E-state index contributed by atoms with van der Waals surface area (Å²) in [7, 11) is -3.15. The number of pyridine rings is 1. The molecule has 0 radical (unpaired) electrons. The molecule has 176 valence electrons. The number of aromatic amines is 1. The van der Waals surface area contributed by atoms with Crippen LogP contribution in [0.25, 0.3) is 11.0 Å². The van der Waals surface area contributed by atoms with Crippen molar-refractivity contribution in [3.63, 3.8) is 0 Å². The van der Waals surface area contributed by atoms with Gasteiger partial charge in [-0.3, -0.25) is 0 Å². The molecule has 2 aliphatic rings. The van der Waals surface area contributed by atoms with E-state index in [0.29, 0.717) is 32.1 Å². The molecule has 3 aromatic rings. The molecular weight excluding hydrogens is 440 g/mol. The second-order valence-electron chi connectivity index (χ2n) is 8.95. The van der Waals surface area contributed by atoms with Crippen LogP contribution in [0.2, 0.25) is 0 Å². The van der Waals surface area contributed by atoms with Gasteiger partial charge in [0.05, 0.1) is 29.9 Å². The molecule has 1 saturated heterocycles. The standard InChI is InChI=1S/C23H30N6O3S/c1-4-32-21-12-20(17-5-8-24-23(17)27-21)29-13-18-19(11-15(29)2)25-14-26-22(18)16-6-9-28(10-7-16)33(3,30)31/h5,8,12,14-16H,4,6-7,9-11,13H2,1-3H3,(H,24,27)/t15-/m1/s1. The molecule has 0 amide bonds. The van der Waals surface area contributed by atoms with Gasteiger partial charge in [0, 0.05) is 61.2 Å². The number of rotatable bonds is 5. The zero-order chi connectivity index (χ0) is 23.2. The van der Waals surface area contributed by atoms with Crippen LogP contribution >= 0.6 is 0 Å². The van der Waals surface area contributed by atoms with Gasteiger partial charge in [-0.05, 0) is 32.8 Å². The van der Waals surface area contributed by atoms with Crippen LogP contribution in [0.15, 0.2) is 24.7 Å². The zero-order valence-corrected chi connectivity index (χ0v) is 20.1. The first-order chi connectivity index (χ1) is 15.8. The van der Waals surface area contributed by atoms with E-state index in [1.54, 1.807) is 10.6 Å². The van der Waals surface area contributed by atoms with Gasteiger partial charge in [-0.15, -0.1) is 0 Å². The molecule has 1 atom stereocenters. The highest BCUT2D eigenvalue weighted by Crippen LogP contribution is 2.38. The number of piperidine rings is 1. The maximum absolute atomic E-state index is 11.9. The van der Waals surface area contributed by atoms with E-state index in [4.69, 9.17) is 9.72 Å². The van der Waals surface area contributed by atoms with E-state index in [0.717, 1.165) is 47.4 Å². The summed E-state index contributed by atoms with van der Waals surface area (Å²) in [6, 6.07) is 4.33. The van der Waals surface area contributed by atoms with Gasteiger partial charge < -0.3 is 14.6 Å². The van der Waals surface area contributed by atoms with Gasteiger partial charge in [-0.1, -0.05) is 0 Å². The van der Waals surface area contributed by atoms with Crippen molar-refractivity contribution in [1.82, 2.24) is 24.2 Å². The van der Waals surface area contributed by atoms with Crippen molar-refractivity contribution in [3.05, 3.63) is 41.6 Å². The summed E-state index contributed by atoms with van der Waals surface area (Å²) in [4.78, 5) is 19.5. The Hall–Kier alpha value is -2.72. The largest absolute Gasteiger partial charge is 0.478 e. The lowest BCUT2D eigenvalue weighted by molar-refractivity contribution is 0.317. The minimum atomic E-state index is -3.15. The lowest BCUT2D eigenvalue weighted by Gasteiger charge is -2.38. The molecular formula is C23H30N6O3S. The predicted molar refractivity (Wildman–Crippen MR) is 127 cm³/mol. The highest BCUT2D eigenvalue weighted by molar-refractivity contribution is 7.88. The summed E-state index contributed by atoms with van der Waals surface area (Å²) in [5, 5.41) is 1.06. The van der Waals surface area contributed by atoms with Crippen molar-refractivity contribution in [1.29, 1.82) is 0 Å². The van der Waals surface area contributed by atoms with Crippen LogP contribution in [0.4, 0.5) is 5.69 Å². The minimum Gasteiger partial charge on any atom is -0.478 e. The third-order valence-corrected chi connectivity index (χ3v) is 8.11. The van der Waals surface area contributed by atoms with E-state index in [9.17, 15) is 8.42 Å². The lowest BCUT2D eigenvalue weighted by atomic mass is 9.87. The van der Waals surface area contributed by atoms with Crippen LogP contribution in [0, 0.1) is 0 Å². The van der Waals surface area contributed by atoms with Gasteiger partial charge in [0.1, 0.15) is 12.0 Å². The molecule has 0 unspecified atom stereocenters. The number of ether oxygens (including phenoxy) is 1. The highest BCUT2D eigenvalue weighted by Gasteiger charge is 2.33. The summed E-state index contributed by atoms with van der Waals surface area (Å²) in [6.07, 6.45) is 7.24. The Kier molecular flexibility index (Phi) is 5.74. The Morgan fingerprint density at radius 1 is 1.24 bits per heavy atom. The van der Waals surface area contributed by atoms with Crippen molar-refractivity contribution in [2.45, 2.75) is 51.6 Å². The molecule has 9 nitrogen and oxygen atoms in total. The van der Waals surface area contributed by atoms with Gasteiger partial charge >= 0.3 is 0 Å². The molecule has 33 heavy (non-hydrogen) atoms. The number of sulfonamides is 1. The molecule has 5 heterocycles. The van der Waals surface area contributed by atoms with Crippen LogP contribution in [-0.4, -0.2) is 64.7 Å². The predicted octanol–water partition coefficient (Wildman–Crippen LogP) is 2.84. The number of nitrogens with one attached hydrogen (secondary N) is 1. The topological polar surface area (TPSA) is 104 Å². The second kappa shape index (κ2) is 8.57. The Morgan fingerprint density at radius 3 is 2.76 bits per heavy atom. The fourth-order valence-electron chi connectivity index (χ4n) is 5.12. The SMILES string of the molecule is CCOc1cc(N2Cc3c(ncnc3C3CCN(S(C)(=O)=O)CC3)C[C@H]2C)c2cc[nH]c2n1. The number of nitrogens with zero attached hydrogens (tertiary/aromatic N) is 5. The van der Waals surface area contributed by atoms with Crippen LogP contribution in [-0.2, 0) is 23.0 Å². The Morgan fingerprint density at radius 2 is 2.03 bits per heavy atom. The van der Waals surface area contributed by atoms with Crippen LogP contribution in [0.1, 0.15) is 49.6 Å². The first-order valence-electron chi connectivity index (χ1n) is 11.5. The van der Waals surface area contributed by atoms with E-state index >= 15 is 0 Å². The van der Waals surface area contributed by atoms with Crippen molar-refractivity contribution >= 4 is 26.7 Å². The quantitative estimate of drug-likeness (QED) is 0.611. The van der Waals surface area contributed by atoms with E-state index in [2.05, 4.69) is 32.8 Å². The average molecular weight is 471 g/mol. The van der Waals surface area contributed by atoms with Gasteiger partial charge in [-0.2, -0.15) is 4.98 Å². The molecule has 5 rings (SSSR count). The molecule has 0 aliphatic carbocycles. The fourth-order valence-corrected chi connectivity index (χ4v) is 5.99. The van der Waals surface area contributed by atoms with Crippen molar-refractivity contribution in [2.75, 3.05) is 30.9 Å². The molecule has 0 bridgehead atoms. The minimum absolute atomic E-state index is 0.235. The number of aromatic nitrogens is 4. The molecule has 1 fully saturated rings. The first-order valence-corrected chi connectivity index (χ1v) is 13.3. The number of hydrogen-bond donors (Lipinski definition) is 1. The highest BCUT2D eigenvalue weighted by atomic mass is 32.2. The normalized spacial score (nSPS) is 20.2. The zero-order valence-electron chi connectivity index (χ0n) is 19.3.